The van der Waals surface area contributed by atoms with Crippen LogP contribution in [0.15, 0.2) is 30.6 Å². The number of aromatic nitrogens is 2. The molecule has 0 amide bonds. The Kier molecular flexibility index (Phi) is 3.37. The van der Waals surface area contributed by atoms with Crippen molar-refractivity contribution in [1.82, 2.24) is 9.97 Å². The minimum atomic E-state index is -4.58. The fourth-order valence-corrected chi connectivity index (χ4v) is 1.43. The number of hydrogen-bond donors (Lipinski definition) is 0. The minimum Gasteiger partial charge on any atom is -0.494 e. The zero-order valence-corrected chi connectivity index (χ0v) is 9.70. The maximum absolute atomic E-state index is 13.6. The zero-order valence-electron chi connectivity index (χ0n) is 9.70. The van der Waals surface area contributed by atoms with Gasteiger partial charge in [-0.25, -0.2) is 14.4 Å². The predicted molar refractivity (Wildman–Crippen MR) is 59.0 cm³/mol. The van der Waals surface area contributed by atoms with Gasteiger partial charge in [-0.3, -0.25) is 0 Å². The lowest BCUT2D eigenvalue weighted by Gasteiger charge is -2.08. The summed E-state index contributed by atoms with van der Waals surface area (Å²) in [5, 5.41) is 0. The van der Waals surface area contributed by atoms with Crippen LogP contribution in [0.3, 0.4) is 0 Å². The number of rotatable bonds is 2. The van der Waals surface area contributed by atoms with Crippen molar-refractivity contribution in [2.45, 2.75) is 6.18 Å². The number of halogens is 4. The van der Waals surface area contributed by atoms with Gasteiger partial charge in [0.2, 0.25) is 0 Å². The van der Waals surface area contributed by atoms with E-state index in [-0.39, 0.29) is 11.4 Å². The van der Waals surface area contributed by atoms with E-state index in [1.165, 1.54) is 19.5 Å². The molecule has 100 valence electrons. The van der Waals surface area contributed by atoms with Crippen LogP contribution in [0.25, 0.3) is 11.4 Å². The summed E-state index contributed by atoms with van der Waals surface area (Å²) in [7, 11) is 1.41. The highest BCUT2D eigenvalue weighted by atomic mass is 19.4. The number of hydrogen-bond acceptors (Lipinski definition) is 3. The summed E-state index contributed by atoms with van der Waals surface area (Å²) in [5.41, 5.74) is -1.15. The molecular weight excluding hydrogens is 264 g/mol. The summed E-state index contributed by atoms with van der Waals surface area (Å²) in [6.07, 6.45) is -1.97. The fraction of sp³-hybridized carbons (Fsp3) is 0.167. The van der Waals surface area contributed by atoms with E-state index in [1.54, 1.807) is 0 Å². The van der Waals surface area contributed by atoms with E-state index < -0.39 is 17.6 Å². The average molecular weight is 272 g/mol. The number of methoxy groups -OCH3 is 1. The van der Waals surface area contributed by atoms with Gasteiger partial charge in [0.25, 0.3) is 0 Å². The molecule has 0 saturated heterocycles. The molecule has 0 fully saturated rings. The first-order valence-electron chi connectivity index (χ1n) is 5.15. The summed E-state index contributed by atoms with van der Waals surface area (Å²) in [4.78, 5) is 7.63. The van der Waals surface area contributed by atoms with E-state index in [9.17, 15) is 17.6 Å². The molecule has 2 rings (SSSR count). The number of benzene rings is 1. The Hall–Kier alpha value is -2.18. The Labute approximate surface area is 105 Å². The SMILES string of the molecule is COc1cnc(-c2ccc(C(F)(F)F)cc2F)nc1. The molecule has 0 saturated carbocycles. The van der Waals surface area contributed by atoms with Crippen molar-refractivity contribution in [1.29, 1.82) is 0 Å². The summed E-state index contributed by atoms with van der Waals surface area (Å²) in [6, 6.07) is 2.20. The van der Waals surface area contributed by atoms with Crippen LogP contribution in [-0.2, 0) is 6.18 Å². The van der Waals surface area contributed by atoms with E-state index in [0.717, 1.165) is 12.1 Å². The molecule has 0 aliphatic heterocycles. The van der Waals surface area contributed by atoms with Crippen LogP contribution >= 0.6 is 0 Å². The Bertz CT molecular complexity index is 581. The van der Waals surface area contributed by atoms with Gasteiger partial charge in [0.1, 0.15) is 5.82 Å². The van der Waals surface area contributed by atoms with Crippen molar-refractivity contribution in [3.05, 3.63) is 42.0 Å². The van der Waals surface area contributed by atoms with Gasteiger partial charge in [-0.2, -0.15) is 13.2 Å². The van der Waals surface area contributed by atoms with Crippen molar-refractivity contribution < 1.29 is 22.3 Å². The van der Waals surface area contributed by atoms with E-state index in [0.29, 0.717) is 11.8 Å². The molecule has 2 aromatic rings. The van der Waals surface area contributed by atoms with Gasteiger partial charge in [-0.05, 0) is 18.2 Å². The number of nitrogens with zero attached hydrogens (tertiary/aromatic N) is 2. The van der Waals surface area contributed by atoms with Gasteiger partial charge in [0.15, 0.2) is 11.6 Å². The van der Waals surface area contributed by atoms with Crippen molar-refractivity contribution in [3.63, 3.8) is 0 Å². The largest absolute Gasteiger partial charge is 0.494 e. The van der Waals surface area contributed by atoms with Crippen LogP contribution in [0.5, 0.6) is 5.75 Å². The molecule has 0 aliphatic rings. The van der Waals surface area contributed by atoms with Crippen molar-refractivity contribution in [3.8, 4) is 17.1 Å². The van der Waals surface area contributed by atoms with Crippen molar-refractivity contribution in [2.75, 3.05) is 7.11 Å². The van der Waals surface area contributed by atoms with Crippen LogP contribution < -0.4 is 4.74 Å². The van der Waals surface area contributed by atoms with Gasteiger partial charge >= 0.3 is 6.18 Å². The molecule has 0 bridgehead atoms. The predicted octanol–water partition coefficient (Wildman–Crippen LogP) is 3.31. The van der Waals surface area contributed by atoms with Gasteiger partial charge < -0.3 is 4.74 Å². The Morgan fingerprint density at radius 1 is 1.11 bits per heavy atom. The molecule has 0 atom stereocenters. The molecule has 0 unspecified atom stereocenters. The Morgan fingerprint density at radius 2 is 1.74 bits per heavy atom. The van der Waals surface area contributed by atoms with Crippen LogP contribution in [0.2, 0.25) is 0 Å². The van der Waals surface area contributed by atoms with E-state index in [1.807, 2.05) is 0 Å². The molecule has 3 nitrogen and oxygen atoms in total. The molecular formula is C12H8F4N2O. The van der Waals surface area contributed by atoms with Crippen molar-refractivity contribution >= 4 is 0 Å². The quantitative estimate of drug-likeness (QED) is 0.787. The van der Waals surface area contributed by atoms with Gasteiger partial charge in [-0.1, -0.05) is 0 Å². The van der Waals surface area contributed by atoms with Crippen molar-refractivity contribution in [2.24, 2.45) is 0 Å². The fourth-order valence-electron chi connectivity index (χ4n) is 1.43. The monoisotopic (exact) mass is 272 g/mol. The van der Waals surface area contributed by atoms with Crippen LogP contribution in [0.4, 0.5) is 17.6 Å². The van der Waals surface area contributed by atoms with Crippen LogP contribution in [0.1, 0.15) is 5.56 Å². The average Bonchev–Trinajstić information content (AvgIpc) is 2.38. The van der Waals surface area contributed by atoms with E-state index in [2.05, 4.69) is 9.97 Å². The minimum absolute atomic E-state index is 0.00738. The molecule has 0 spiro atoms. The number of ether oxygens (including phenoxy) is 1. The van der Waals surface area contributed by atoms with E-state index in [4.69, 9.17) is 4.74 Å². The second kappa shape index (κ2) is 4.83. The summed E-state index contributed by atoms with van der Waals surface area (Å²) in [6.45, 7) is 0. The molecule has 0 radical (unpaired) electrons. The lowest BCUT2D eigenvalue weighted by Crippen LogP contribution is -2.05. The molecule has 7 heteroatoms. The lowest BCUT2D eigenvalue weighted by atomic mass is 10.1. The first kappa shape index (κ1) is 13.3. The standard InChI is InChI=1S/C12H8F4N2O/c1-19-8-5-17-11(18-6-8)9-3-2-7(4-10(9)13)12(14,15)16/h2-6H,1H3. The van der Waals surface area contributed by atoms with Gasteiger partial charge in [0.05, 0.1) is 30.6 Å². The molecule has 1 heterocycles. The third kappa shape index (κ3) is 2.81. The first-order chi connectivity index (χ1) is 8.91. The summed E-state index contributed by atoms with van der Waals surface area (Å²) < 4.78 is 55.6. The summed E-state index contributed by atoms with van der Waals surface area (Å²) in [5.74, 6) is -0.664. The van der Waals surface area contributed by atoms with Gasteiger partial charge in [0, 0.05) is 0 Å². The molecule has 1 aromatic carbocycles. The topological polar surface area (TPSA) is 35.0 Å². The summed E-state index contributed by atoms with van der Waals surface area (Å²) >= 11 is 0. The molecule has 0 aliphatic carbocycles. The number of alkyl halides is 3. The molecule has 0 N–H and O–H groups in total. The smallest absolute Gasteiger partial charge is 0.416 e. The highest BCUT2D eigenvalue weighted by molar-refractivity contribution is 5.56. The zero-order chi connectivity index (χ0) is 14.0. The van der Waals surface area contributed by atoms with Crippen LogP contribution in [-0.4, -0.2) is 17.1 Å². The lowest BCUT2D eigenvalue weighted by molar-refractivity contribution is -0.137. The molecule has 19 heavy (non-hydrogen) atoms. The first-order valence-corrected chi connectivity index (χ1v) is 5.15. The van der Waals surface area contributed by atoms with E-state index >= 15 is 0 Å². The maximum Gasteiger partial charge on any atom is 0.416 e. The maximum atomic E-state index is 13.6. The normalized spacial score (nSPS) is 11.4. The van der Waals surface area contributed by atoms with Crippen LogP contribution in [0, 0.1) is 5.82 Å². The molecule has 1 aromatic heterocycles. The van der Waals surface area contributed by atoms with Gasteiger partial charge in [-0.15, -0.1) is 0 Å². The Morgan fingerprint density at radius 3 is 2.21 bits per heavy atom. The second-order valence-electron chi connectivity index (χ2n) is 3.64. The Balaban J connectivity index is 2.40. The second-order valence-corrected chi connectivity index (χ2v) is 3.64. The highest BCUT2D eigenvalue weighted by Crippen LogP contribution is 2.32. The highest BCUT2D eigenvalue weighted by Gasteiger charge is 2.31. The third-order valence-electron chi connectivity index (χ3n) is 2.40. The third-order valence-corrected chi connectivity index (χ3v) is 2.40.